The number of aromatic nitrogens is 2. The molecular formula is C24H26N4O3. The second kappa shape index (κ2) is 9.47. The van der Waals surface area contributed by atoms with Crippen LogP contribution in [0.3, 0.4) is 0 Å². The van der Waals surface area contributed by atoms with E-state index >= 15 is 0 Å². The Kier molecular flexibility index (Phi) is 6.31. The van der Waals surface area contributed by atoms with Crippen LogP contribution in [0.15, 0.2) is 70.3 Å². The number of H-pyrrole nitrogens is 2. The number of aromatic amines is 2. The van der Waals surface area contributed by atoms with Gasteiger partial charge in [-0.05, 0) is 42.7 Å². The zero-order chi connectivity index (χ0) is 21.6. The van der Waals surface area contributed by atoms with Crippen molar-refractivity contribution in [3.05, 3.63) is 98.3 Å². The van der Waals surface area contributed by atoms with Crippen molar-refractivity contribution in [2.45, 2.75) is 44.2 Å². The molecule has 0 radical (unpaired) electrons. The number of hydrogen-bond acceptors (Lipinski definition) is 4. The molecule has 7 nitrogen and oxygen atoms in total. The largest absolute Gasteiger partial charge is 0.375 e. The zero-order valence-corrected chi connectivity index (χ0v) is 17.2. The van der Waals surface area contributed by atoms with E-state index in [1.165, 1.54) is 5.56 Å². The molecule has 0 saturated heterocycles. The topological polar surface area (TPSA) is 107 Å². The highest BCUT2D eigenvalue weighted by atomic mass is 16.2. The molecule has 1 heterocycles. The molecule has 2 aromatic carbocycles. The molecule has 1 aromatic heterocycles. The standard InChI is InChI=1S/C24H26N4O3/c29-22-20(25-15-16-7-3-1-4-8-16)21(27-24(31)28-22)23(30)26-19-13-11-18(12-14-19)17-9-5-2-6-10-17/h1-10,18-19,25H,11-15H2,(H,26,30)(H2,27,28,29,31). The first-order valence-electron chi connectivity index (χ1n) is 10.6. The van der Waals surface area contributed by atoms with Gasteiger partial charge in [0.2, 0.25) is 0 Å². The fraction of sp³-hybridized carbons (Fsp3) is 0.292. The molecule has 1 saturated carbocycles. The summed E-state index contributed by atoms with van der Waals surface area (Å²) in [4.78, 5) is 41.8. The Morgan fingerprint density at radius 2 is 1.52 bits per heavy atom. The quantitative estimate of drug-likeness (QED) is 0.493. The summed E-state index contributed by atoms with van der Waals surface area (Å²) in [5.74, 6) is 0.0544. The van der Waals surface area contributed by atoms with Crippen LogP contribution in [0.25, 0.3) is 0 Å². The number of nitrogens with one attached hydrogen (secondary N) is 4. The van der Waals surface area contributed by atoms with Crippen LogP contribution in [0.5, 0.6) is 0 Å². The minimum atomic E-state index is -0.701. The first-order valence-corrected chi connectivity index (χ1v) is 10.6. The fourth-order valence-electron chi connectivity index (χ4n) is 4.17. The Balaban J connectivity index is 1.43. The molecule has 1 aliphatic carbocycles. The zero-order valence-electron chi connectivity index (χ0n) is 17.2. The van der Waals surface area contributed by atoms with Crippen molar-refractivity contribution in [3.63, 3.8) is 0 Å². The summed E-state index contributed by atoms with van der Waals surface area (Å²) in [6.45, 7) is 0.360. The molecule has 0 bridgehead atoms. The van der Waals surface area contributed by atoms with Crippen LogP contribution in [0, 0.1) is 0 Å². The van der Waals surface area contributed by atoms with Gasteiger partial charge in [0, 0.05) is 12.6 Å². The van der Waals surface area contributed by atoms with Gasteiger partial charge in [-0.2, -0.15) is 0 Å². The lowest BCUT2D eigenvalue weighted by Gasteiger charge is -2.29. The van der Waals surface area contributed by atoms with Gasteiger partial charge in [-0.1, -0.05) is 60.7 Å². The van der Waals surface area contributed by atoms with Crippen molar-refractivity contribution in [1.82, 2.24) is 15.3 Å². The maximum absolute atomic E-state index is 12.9. The summed E-state index contributed by atoms with van der Waals surface area (Å²) >= 11 is 0. The lowest BCUT2D eigenvalue weighted by Crippen LogP contribution is -2.40. The van der Waals surface area contributed by atoms with Gasteiger partial charge in [-0.15, -0.1) is 0 Å². The maximum Gasteiger partial charge on any atom is 0.326 e. The molecule has 160 valence electrons. The molecule has 3 aromatic rings. The van der Waals surface area contributed by atoms with E-state index in [1.54, 1.807) is 0 Å². The van der Waals surface area contributed by atoms with E-state index in [1.807, 2.05) is 36.4 Å². The summed E-state index contributed by atoms with van der Waals surface area (Å²) in [7, 11) is 0. The number of benzene rings is 2. The van der Waals surface area contributed by atoms with E-state index in [0.717, 1.165) is 31.2 Å². The first kappa shape index (κ1) is 20.7. The second-order valence-corrected chi connectivity index (χ2v) is 7.93. The minimum absolute atomic E-state index is 0.0113. The Labute approximate surface area is 179 Å². The highest BCUT2D eigenvalue weighted by Crippen LogP contribution is 2.32. The number of amides is 1. The SMILES string of the molecule is O=C(NC1CCC(c2ccccc2)CC1)c1[nH]c(=O)[nH]c(=O)c1NCc1ccccc1. The van der Waals surface area contributed by atoms with E-state index in [4.69, 9.17) is 0 Å². The first-order chi connectivity index (χ1) is 15.1. The minimum Gasteiger partial charge on any atom is -0.375 e. The molecule has 4 N–H and O–H groups in total. The van der Waals surface area contributed by atoms with Gasteiger partial charge in [-0.25, -0.2) is 4.79 Å². The van der Waals surface area contributed by atoms with Gasteiger partial charge >= 0.3 is 5.69 Å². The Bertz CT molecular complexity index is 1130. The van der Waals surface area contributed by atoms with Gasteiger partial charge in [-0.3, -0.25) is 14.6 Å². The molecule has 1 amide bonds. The molecule has 7 heteroatoms. The van der Waals surface area contributed by atoms with Crippen molar-refractivity contribution in [1.29, 1.82) is 0 Å². The average molecular weight is 418 g/mol. The molecule has 0 spiro atoms. The fourth-order valence-corrected chi connectivity index (χ4v) is 4.17. The Hall–Kier alpha value is -3.61. The van der Waals surface area contributed by atoms with Crippen LogP contribution in [-0.4, -0.2) is 21.9 Å². The third-order valence-corrected chi connectivity index (χ3v) is 5.82. The van der Waals surface area contributed by atoms with Crippen LogP contribution < -0.4 is 21.9 Å². The van der Waals surface area contributed by atoms with E-state index < -0.39 is 17.2 Å². The van der Waals surface area contributed by atoms with Gasteiger partial charge in [0.15, 0.2) is 0 Å². The molecule has 0 aliphatic heterocycles. The van der Waals surface area contributed by atoms with Gasteiger partial charge in [0.1, 0.15) is 11.4 Å². The average Bonchev–Trinajstić information content (AvgIpc) is 2.80. The number of carbonyl (C=O) groups is 1. The van der Waals surface area contributed by atoms with E-state index in [0.29, 0.717) is 12.5 Å². The predicted octanol–water partition coefficient (Wildman–Crippen LogP) is 3.13. The third kappa shape index (κ3) is 5.12. The lowest BCUT2D eigenvalue weighted by atomic mass is 9.82. The predicted molar refractivity (Wildman–Crippen MR) is 120 cm³/mol. The van der Waals surface area contributed by atoms with Crippen molar-refractivity contribution in [3.8, 4) is 0 Å². The molecule has 1 aliphatic rings. The van der Waals surface area contributed by atoms with E-state index in [-0.39, 0.29) is 17.4 Å². The van der Waals surface area contributed by atoms with Crippen molar-refractivity contribution >= 4 is 11.6 Å². The highest BCUT2D eigenvalue weighted by molar-refractivity contribution is 5.97. The smallest absolute Gasteiger partial charge is 0.326 e. The molecule has 4 rings (SSSR count). The van der Waals surface area contributed by atoms with Crippen molar-refractivity contribution < 1.29 is 4.79 Å². The summed E-state index contributed by atoms with van der Waals surface area (Å²) in [6.07, 6.45) is 3.68. The third-order valence-electron chi connectivity index (χ3n) is 5.82. The van der Waals surface area contributed by atoms with Crippen LogP contribution >= 0.6 is 0 Å². The molecule has 0 unspecified atom stereocenters. The van der Waals surface area contributed by atoms with Crippen LogP contribution in [-0.2, 0) is 6.54 Å². The summed E-state index contributed by atoms with van der Waals surface area (Å²) < 4.78 is 0. The van der Waals surface area contributed by atoms with E-state index in [2.05, 4.69) is 44.9 Å². The van der Waals surface area contributed by atoms with Gasteiger partial charge in [0.05, 0.1) is 0 Å². The second-order valence-electron chi connectivity index (χ2n) is 7.93. The molecule has 1 fully saturated rings. The number of hydrogen-bond donors (Lipinski definition) is 4. The van der Waals surface area contributed by atoms with Crippen molar-refractivity contribution in [2.24, 2.45) is 0 Å². The lowest BCUT2D eigenvalue weighted by molar-refractivity contribution is 0.0921. The van der Waals surface area contributed by atoms with Crippen molar-refractivity contribution in [2.75, 3.05) is 5.32 Å². The number of rotatable bonds is 6. The van der Waals surface area contributed by atoms with Gasteiger partial charge < -0.3 is 15.6 Å². The summed E-state index contributed by atoms with van der Waals surface area (Å²) in [5.41, 5.74) is 1.01. The van der Waals surface area contributed by atoms with Gasteiger partial charge in [0.25, 0.3) is 11.5 Å². The van der Waals surface area contributed by atoms with Crippen LogP contribution in [0.2, 0.25) is 0 Å². The van der Waals surface area contributed by atoms with Crippen LogP contribution in [0.4, 0.5) is 5.69 Å². The van der Waals surface area contributed by atoms with E-state index in [9.17, 15) is 14.4 Å². The van der Waals surface area contributed by atoms with Crippen LogP contribution in [0.1, 0.15) is 53.2 Å². The number of anilines is 1. The number of carbonyl (C=O) groups excluding carboxylic acids is 1. The molecule has 31 heavy (non-hydrogen) atoms. The Morgan fingerprint density at radius 1 is 0.871 bits per heavy atom. The normalized spacial score (nSPS) is 18.3. The Morgan fingerprint density at radius 3 is 2.19 bits per heavy atom. The highest BCUT2D eigenvalue weighted by Gasteiger charge is 2.25. The summed E-state index contributed by atoms with van der Waals surface area (Å²) in [6, 6.07) is 20.0. The summed E-state index contributed by atoms with van der Waals surface area (Å²) in [5, 5.41) is 6.00. The maximum atomic E-state index is 12.9. The monoisotopic (exact) mass is 418 g/mol. The molecular weight excluding hydrogens is 392 g/mol. The molecule has 0 atom stereocenters.